The summed E-state index contributed by atoms with van der Waals surface area (Å²) >= 11 is 1.53. The maximum Gasteiger partial charge on any atom is 0.307 e. The van der Waals surface area contributed by atoms with E-state index in [1.807, 2.05) is 13.8 Å². The van der Waals surface area contributed by atoms with E-state index < -0.39 is 5.97 Å². The second-order valence-electron chi connectivity index (χ2n) is 3.50. The van der Waals surface area contributed by atoms with Crippen LogP contribution in [0.4, 0.5) is 0 Å². The van der Waals surface area contributed by atoms with Crippen molar-refractivity contribution in [3.63, 3.8) is 0 Å². The number of thioether (sulfide) groups is 1. The van der Waals surface area contributed by atoms with E-state index in [1.54, 1.807) is 6.92 Å². The molecule has 5 heteroatoms. The zero-order valence-electron chi connectivity index (χ0n) is 9.11. The molecule has 1 atom stereocenters. The lowest BCUT2D eigenvalue weighted by Gasteiger charge is -2.03. The predicted molar refractivity (Wildman–Crippen MR) is 58.9 cm³/mol. The van der Waals surface area contributed by atoms with Gasteiger partial charge in [0.25, 0.3) is 0 Å². The number of hydrogen-bond donors (Lipinski definition) is 1. The number of nitrogens with zero attached hydrogens (tertiary/aromatic N) is 1. The third-order valence-corrected chi connectivity index (χ3v) is 3.27. The Morgan fingerprint density at radius 2 is 2.27 bits per heavy atom. The van der Waals surface area contributed by atoms with Crippen molar-refractivity contribution >= 4 is 17.7 Å². The lowest BCUT2D eigenvalue weighted by Crippen LogP contribution is -2.11. The Kier molecular flexibility index (Phi) is 4.20. The highest BCUT2D eigenvalue weighted by Crippen LogP contribution is 2.17. The Morgan fingerprint density at radius 3 is 2.73 bits per heavy atom. The lowest BCUT2D eigenvalue weighted by molar-refractivity contribution is -0.140. The lowest BCUT2D eigenvalue weighted by atomic mass is 10.2. The van der Waals surface area contributed by atoms with Crippen LogP contribution in [0.5, 0.6) is 0 Å². The Bertz CT molecular complexity index is 329. The molecule has 1 rings (SSSR count). The number of aromatic nitrogens is 1. The quantitative estimate of drug-likeness (QED) is 0.839. The van der Waals surface area contributed by atoms with E-state index in [-0.39, 0.29) is 5.92 Å². The van der Waals surface area contributed by atoms with Crippen LogP contribution in [-0.4, -0.2) is 21.8 Å². The Labute approximate surface area is 93.1 Å². The van der Waals surface area contributed by atoms with Crippen molar-refractivity contribution in [2.45, 2.75) is 26.5 Å². The van der Waals surface area contributed by atoms with Gasteiger partial charge in [-0.05, 0) is 13.8 Å². The van der Waals surface area contributed by atoms with Crippen LogP contribution < -0.4 is 0 Å². The second kappa shape index (κ2) is 5.21. The number of oxazole rings is 1. The van der Waals surface area contributed by atoms with E-state index in [9.17, 15) is 4.79 Å². The number of aryl methyl sites for hydroxylation is 2. The van der Waals surface area contributed by atoms with Gasteiger partial charge in [-0.2, -0.15) is 11.8 Å². The van der Waals surface area contributed by atoms with Gasteiger partial charge in [0.15, 0.2) is 0 Å². The van der Waals surface area contributed by atoms with Crippen LogP contribution in [-0.2, 0) is 10.5 Å². The van der Waals surface area contributed by atoms with Crippen molar-refractivity contribution in [3.8, 4) is 0 Å². The van der Waals surface area contributed by atoms with E-state index in [0.717, 1.165) is 11.5 Å². The average molecular weight is 229 g/mol. The Morgan fingerprint density at radius 1 is 1.60 bits per heavy atom. The highest BCUT2D eigenvalue weighted by molar-refractivity contribution is 7.98. The van der Waals surface area contributed by atoms with E-state index in [2.05, 4.69) is 4.98 Å². The maximum atomic E-state index is 10.5. The summed E-state index contributed by atoms with van der Waals surface area (Å²) in [4.78, 5) is 14.8. The molecule has 1 aromatic rings. The molecule has 0 radical (unpaired) electrons. The normalized spacial score (nSPS) is 12.7. The fourth-order valence-electron chi connectivity index (χ4n) is 0.995. The molecule has 1 aromatic heterocycles. The van der Waals surface area contributed by atoms with E-state index >= 15 is 0 Å². The van der Waals surface area contributed by atoms with Gasteiger partial charge >= 0.3 is 5.97 Å². The number of carbonyl (C=O) groups is 1. The number of carboxylic acid groups (broad SMARTS) is 1. The van der Waals surface area contributed by atoms with Gasteiger partial charge < -0.3 is 9.52 Å². The monoisotopic (exact) mass is 229 g/mol. The van der Waals surface area contributed by atoms with Crippen LogP contribution in [0.1, 0.15) is 24.3 Å². The molecule has 0 aliphatic carbocycles. The van der Waals surface area contributed by atoms with Gasteiger partial charge in [-0.3, -0.25) is 4.79 Å². The van der Waals surface area contributed by atoms with E-state index in [4.69, 9.17) is 9.52 Å². The van der Waals surface area contributed by atoms with Crippen LogP contribution in [0.3, 0.4) is 0 Å². The standard InChI is InChI=1S/C10H15NO3S/c1-6(10(12)13)4-15-5-9-11-7(2)8(3)14-9/h6H,4-5H2,1-3H3,(H,12,13). The SMILES string of the molecule is Cc1nc(CSCC(C)C(=O)O)oc1C. The van der Waals surface area contributed by atoms with Gasteiger partial charge in [0.05, 0.1) is 17.4 Å². The van der Waals surface area contributed by atoms with Crippen LogP contribution in [0, 0.1) is 19.8 Å². The fraction of sp³-hybridized carbons (Fsp3) is 0.600. The number of rotatable bonds is 5. The zero-order chi connectivity index (χ0) is 11.4. The summed E-state index contributed by atoms with van der Waals surface area (Å²) in [7, 11) is 0. The summed E-state index contributed by atoms with van der Waals surface area (Å²) in [5.74, 6) is 1.63. The molecule has 0 spiro atoms. The third kappa shape index (κ3) is 3.58. The van der Waals surface area contributed by atoms with Gasteiger partial charge in [-0.1, -0.05) is 6.92 Å². The zero-order valence-corrected chi connectivity index (χ0v) is 9.93. The first-order valence-corrected chi connectivity index (χ1v) is 5.89. The number of carboxylic acids is 1. The van der Waals surface area contributed by atoms with Crippen molar-refractivity contribution in [1.29, 1.82) is 0 Å². The van der Waals surface area contributed by atoms with Crippen molar-refractivity contribution < 1.29 is 14.3 Å². The first-order chi connectivity index (χ1) is 7.00. The van der Waals surface area contributed by atoms with Crippen LogP contribution >= 0.6 is 11.8 Å². The molecule has 0 fully saturated rings. The van der Waals surface area contributed by atoms with Gasteiger partial charge in [-0.25, -0.2) is 4.98 Å². The van der Waals surface area contributed by atoms with Gasteiger partial charge in [0.2, 0.25) is 5.89 Å². The predicted octanol–water partition coefficient (Wildman–Crippen LogP) is 2.25. The third-order valence-electron chi connectivity index (χ3n) is 2.09. The maximum absolute atomic E-state index is 10.5. The molecule has 4 nitrogen and oxygen atoms in total. The molecule has 0 aliphatic rings. The fourth-order valence-corrected chi connectivity index (χ4v) is 1.91. The van der Waals surface area contributed by atoms with Crippen LogP contribution in [0.2, 0.25) is 0 Å². The van der Waals surface area contributed by atoms with Crippen molar-refractivity contribution in [1.82, 2.24) is 4.98 Å². The second-order valence-corrected chi connectivity index (χ2v) is 4.53. The molecule has 0 saturated carbocycles. The largest absolute Gasteiger partial charge is 0.481 e. The summed E-state index contributed by atoms with van der Waals surface area (Å²) in [6.45, 7) is 5.46. The summed E-state index contributed by atoms with van der Waals surface area (Å²) in [6.07, 6.45) is 0. The summed E-state index contributed by atoms with van der Waals surface area (Å²) in [6, 6.07) is 0. The molecule has 0 aromatic carbocycles. The minimum absolute atomic E-state index is 0.327. The van der Waals surface area contributed by atoms with E-state index in [1.165, 1.54) is 11.8 Å². The molecule has 1 heterocycles. The highest BCUT2D eigenvalue weighted by atomic mass is 32.2. The molecule has 0 saturated heterocycles. The molecule has 0 aliphatic heterocycles. The minimum Gasteiger partial charge on any atom is -0.481 e. The van der Waals surface area contributed by atoms with Crippen molar-refractivity contribution in [2.24, 2.45) is 5.92 Å². The molecular weight excluding hydrogens is 214 g/mol. The van der Waals surface area contributed by atoms with Crippen LogP contribution in [0.25, 0.3) is 0 Å². The van der Waals surface area contributed by atoms with Crippen LogP contribution in [0.15, 0.2) is 4.42 Å². The number of aliphatic carboxylic acids is 1. The van der Waals surface area contributed by atoms with Gasteiger partial charge in [0.1, 0.15) is 5.76 Å². The first kappa shape index (κ1) is 12.1. The van der Waals surface area contributed by atoms with Gasteiger partial charge in [0, 0.05) is 5.75 Å². The molecule has 0 bridgehead atoms. The summed E-state index contributed by atoms with van der Waals surface area (Å²) < 4.78 is 5.38. The van der Waals surface area contributed by atoms with E-state index in [0.29, 0.717) is 17.4 Å². The first-order valence-electron chi connectivity index (χ1n) is 4.74. The van der Waals surface area contributed by atoms with Crippen molar-refractivity contribution in [2.75, 3.05) is 5.75 Å². The summed E-state index contributed by atoms with van der Waals surface area (Å²) in [5.41, 5.74) is 0.900. The topological polar surface area (TPSA) is 63.3 Å². The Hall–Kier alpha value is -0.970. The average Bonchev–Trinajstić information content (AvgIpc) is 2.46. The minimum atomic E-state index is -0.762. The number of hydrogen-bond acceptors (Lipinski definition) is 4. The Balaban J connectivity index is 2.35. The van der Waals surface area contributed by atoms with Gasteiger partial charge in [-0.15, -0.1) is 0 Å². The highest BCUT2D eigenvalue weighted by Gasteiger charge is 2.12. The summed E-state index contributed by atoms with van der Waals surface area (Å²) in [5, 5.41) is 8.68. The molecule has 0 amide bonds. The molecular formula is C10H15NO3S. The molecule has 1 N–H and O–H groups in total. The molecule has 1 unspecified atom stereocenters. The molecule has 84 valence electrons. The van der Waals surface area contributed by atoms with Crippen molar-refractivity contribution in [3.05, 3.63) is 17.3 Å². The smallest absolute Gasteiger partial charge is 0.307 e. The molecule has 15 heavy (non-hydrogen) atoms.